The maximum absolute atomic E-state index is 12.2. The van der Waals surface area contributed by atoms with Crippen LogP contribution in [0.3, 0.4) is 0 Å². The predicted molar refractivity (Wildman–Crippen MR) is 78.1 cm³/mol. The second-order valence-corrected chi connectivity index (χ2v) is 5.39. The van der Waals surface area contributed by atoms with Gasteiger partial charge in [0.15, 0.2) is 5.78 Å². The van der Waals surface area contributed by atoms with Crippen molar-refractivity contribution in [2.75, 3.05) is 0 Å². The first kappa shape index (κ1) is 14.1. The Morgan fingerprint density at radius 1 is 1.32 bits per heavy atom. The molecule has 0 aliphatic carbocycles. The first-order valence-electron chi connectivity index (χ1n) is 6.83. The first-order valence-corrected chi connectivity index (χ1v) is 7.21. The van der Waals surface area contributed by atoms with Gasteiger partial charge in [0.2, 0.25) is 0 Å². The fourth-order valence-electron chi connectivity index (χ4n) is 2.32. The van der Waals surface area contributed by atoms with Crippen molar-refractivity contribution in [2.45, 2.75) is 45.1 Å². The molecular formula is C16H19ClO2. The van der Waals surface area contributed by atoms with E-state index < -0.39 is 0 Å². The molecule has 0 radical (unpaired) electrons. The second-order valence-electron chi connectivity index (χ2n) is 4.95. The maximum Gasteiger partial charge on any atom is 0.195 e. The SMILES string of the molecule is C=C1C(=O)c2cc(Cl)ccc2OC1CCCCCC. The lowest BCUT2D eigenvalue weighted by molar-refractivity contribution is 0.0955. The van der Waals surface area contributed by atoms with Crippen molar-refractivity contribution in [3.8, 4) is 5.75 Å². The minimum Gasteiger partial charge on any atom is -0.485 e. The van der Waals surface area contributed by atoms with E-state index in [9.17, 15) is 4.79 Å². The number of fused-ring (bicyclic) bond motifs is 1. The van der Waals surface area contributed by atoms with Crippen LogP contribution in [0, 0.1) is 0 Å². The van der Waals surface area contributed by atoms with E-state index >= 15 is 0 Å². The van der Waals surface area contributed by atoms with Gasteiger partial charge >= 0.3 is 0 Å². The molecule has 0 aromatic heterocycles. The molecule has 1 unspecified atom stereocenters. The zero-order valence-electron chi connectivity index (χ0n) is 11.2. The number of Topliss-reactive ketones (excluding diaryl/α,β-unsaturated/α-hetero) is 1. The summed E-state index contributed by atoms with van der Waals surface area (Å²) in [4.78, 5) is 12.2. The minimum atomic E-state index is -0.182. The molecule has 1 heterocycles. The molecule has 0 amide bonds. The van der Waals surface area contributed by atoms with Gasteiger partial charge in [-0.2, -0.15) is 0 Å². The molecule has 2 rings (SSSR count). The quantitative estimate of drug-likeness (QED) is 0.571. The van der Waals surface area contributed by atoms with Gasteiger partial charge in [0.1, 0.15) is 11.9 Å². The molecule has 0 bridgehead atoms. The number of rotatable bonds is 5. The van der Waals surface area contributed by atoms with Crippen molar-refractivity contribution in [2.24, 2.45) is 0 Å². The topological polar surface area (TPSA) is 26.3 Å². The summed E-state index contributed by atoms with van der Waals surface area (Å²) in [6, 6.07) is 5.16. The molecule has 0 N–H and O–H groups in total. The Bertz CT molecular complexity index is 494. The van der Waals surface area contributed by atoms with Crippen LogP contribution in [0.25, 0.3) is 0 Å². The molecule has 3 heteroatoms. The van der Waals surface area contributed by atoms with Gasteiger partial charge in [-0.3, -0.25) is 4.79 Å². The van der Waals surface area contributed by atoms with Gasteiger partial charge in [-0.25, -0.2) is 0 Å². The number of hydrogen-bond donors (Lipinski definition) is 0. The van der Waals surface area contributed by atoms with E-state index in [1.54, 1.807) is 18.2 Å². The van der Waals surface area contributed by atoms with Gasteiger partial charge < -0.3 is 4.74 Å². The summed E-state index contributed by atoms with van der Waals surface area (Å²) in [6.07, 6.45) is 5.33. The van der Waals surface area contributed by atoms with Gasteiger partial charge in [-0.1, -0.05) is 44.4 Å². The van der Waals surface area contributed by atoms with Crippen LogP contribution in [-0.4, -0.2) is 11.9 Å². The van der Waals surface area contributed by atoms with Crippen molar-refractivity contribution in [3.63, 3.8) is 0 Å². The summed E-state index contributed by atoms with van der Waals surface area (Å²) in [5.74, 6) is 0.589. The summed E-state index contributed by atoms with van der Waals surface area (Å²) in [5.41, 5.74) is 1.08. The van der Waals surface area contributed by atoms with E-state index in [1.807, 2.05) is 0 Å². The average Bonchev–Trinajstić information content (AvgIpc) is 2.41. The second kappa shape index (κ2) is 6.25. The standard InChI is InChI=1S/C16H19ClO2/c1-3-4-5-6-7-14-11(2)16(18)13-10-12(17)8-9-15(13)19-14/h8-10,14H,2-7H2,1H3. The zero-order chi connectivity index (χ0) is 13.8. The highest BCUT2D eigenvalue weighted by molar-refractivity contribution is 6.31. The Morgan fingerprint density at radius 3 is 2.84 bits per heavy atom. The molecule has 1 aromatic rings. The van der Waals surface area contributed by atoms with Crippen LogP contribution in [0.1, 0.15) is 49.4 Å². The highest BCUT2D eigenvalue weighted by Crippen LogP contribution is 2.33. The first-order chi connectivity index (χ1) is 9.13. The summed E-state index contributed by atoms with van der Waals surface area (Å²) >= 11 is 5.91. The molecule has 1 atom stereocenters. The Hall–Kier alpha value is -1.28. The van der Waals surface area contributed by atoms with Gasteiger partial charge in [-0.15, -0.1) is 0 Å². The third-order valence-electron chi connectivity index (χ3n) is 3.46. The number of unbranched alkanes of at least 4 members (excludes halogenated alkanes) is 3. The summed E-state index contributed by atoms with van der Waals surface area (Å²) in [6.45, 7) is 6.07. The number of carbonyl (C=O) groups is 1. The largest absolute Gasteiger partial charge is 0.485 e. The highest BCUT2D eigenvalue weighted by Gasteiger charge is 2.29. The smallest absolute Gasteiger partial charge is 0.195 e. The van der Waals surface area contributed by atoms with E-state index in [0.29, 0.717) is 21.9 Å². The monoisotopic (exact) mass is 278 g/mol. The lowest BCUT2D eigenvalue weighted by atomic mass is 9.93. The molecule has 0 spiro atoms. The van der Waals surface area contributed by atoms with E-state index in [1.165, 1.54) is 19.3 Å². The number of ether oxygens (including phenoxy) is 1. The summed E-state index contributed by atoms with van der Waals surface area (Å²) in [7, 11) is 0. The van der Waals surface area contributed by atoms with Crippen molar-refractivity contribution in [1.82, 2.24) is 0 Å². The molecular weight excluding hydrogens is 260 g/mol. The molecule has 0 saturated heterocycles. The van der Waals surface area contributed by atoms with Crippen LogP contribution >= 0.6 is 11.6 Å². The lowest BCUT2D eigenvalue weighted by Crippen LogP contribution is -2.29. The molecule has 0 saturated carbocycles. The molecule has 102 valence electrons. The normalized spacial score (nSPS) is 18.1. The Kier molecular flexibility index (Phi) is 4.65. The molecule has 19 heavy (non-hydrogen) atoms. The van der Waals surface area contributed by atoms with E-state index in [2.05, 4.69) is 13.5 Å². The molecule has 1 aliphatic rings. The van der Waals surface area contributed by atoms with Crippen LogP contribution in [0.2, 0.25) is 5.02 Å². The van der Waals surface area contributed by atoms with Crippen molar-refractivity contribution >= 4 is 17.4 Å². The van der Waals surface area contributed by atoms with Crippen molar-refractivity contribution in [3.05, 3.63) is 40.9 Å². The third kappa shape index (κ3) is 3.19. The minimum absolute atomic E-state index is 0.0377. The number of halogens is 1. The number of hydrogen-bond acceptors (Lipinski definition) is 2. The van der Waals surface area contributed by atoms with Crippen LogP contribution in [0.15, 0.2) is 30.4 Å². The fourth-order valence-corrected chi connectivity index (χ4v) is 2.49. The molecule has 2 nitrogen and oxygen atoms in total. The van der Waals surface area contributed by atoms with Gasteiger partial charge in [-0.05, 0) is 31.0 Å². The van der Waals surface area contributed by atoms with Gasteiger partial charge in [0.25, 0.3) is 0 Å². The van der Waals surface area contributed by atoms with Crippen LogP contribution in [-0.2, 0) is 0 Å². The Labute approximate surface area is 119 Å². The van der Waals surface area contributed by atoms with Crippen molar-refractivity contribution < 1.29 is 9.53 Å². The number of ketones is 1. The molecule has 0 fully saturated rings. The van der Waals surface area contributed by atoms with Crippen LogP contribution < -0.4 is 4.74 Å². The third-order valence-corrected chi connectivity index (χ3v) is 3.69. The summed E-state index contributed by atoms with van der Waals surface area (Å²) in [5, 5.41) is 0.546. The number of benzene rings is 1. The summed E-state index contributed by atoms with van der Waals surface area (Å²) < 4.78 is 5.87. The van der Waals surface area contributed by atoms with E-state index in [0.717, 1.165) is 12.8 Å². The zero-order valence-corrected chi connectivity index (χ0v) is 12.0. The van der Waals surface area contributed by atoms with Gasteiger partial charge in [0, 0.05) is 10.6 Å². The molecule has 1 aromatic carbocycles. The Morgan fingerprint density at radius 2 is 2.11 bits per heavy atom. The van der Waals surface area contributed by atoms with E-state index in [-0.39, 0.29) is 11.9 Å². The fraction of sp³-hybridized carbons (Fsp3) is 0.438. The van der Waals surface area contributed by atoms with E-state index in [4.69, 9.17) is 16.3 Å². The lowest BCUT2D eigenvalue weighted by Gasteiger charge is -2.27. The molecule has 1 aliphatic heterocycles. The highest BCUT2D eigenvalue weighted by atomic mass is 35.5. The van der Waals surface area contributed by atoms with Crippen LogP contribution in [0.4, 0.5) is 0 Å². The number of carbonyl (C=O) groups excluding carboxylic acids is 1. The van der Waals surface area contributed by atoms with Crippen molar-refractivity contribution in [1.29, 1.82) is 0 Å². The Balaban J connectivity index is 2.08. The predicted octanol–water partition coefficient (Wildman–Crippen LogP) is 4.81. The van der Waals surface area contributed by atoms with Gasteiger partial charge in [0.05, 0.1) is 5.56 Å². The maximum atomic E-state index is 12.2. The van der Waals surface area contributed by atoms with Crippen LogP contribution in [0.5, 0.6) is 5.75 Å². The average molecular weight is 279 g/mol.